The maximum Gasteiger partial charge on any atom is 0.335 e. The Kier molecular flexibility index (Phi) is 2.26. The Morgan fingerprint density at radius 1 is 1.25 bits per heavy atom. The van der Waals surface area contributed by atoms with Gasteiger partial charge in [-0.15, -0.1) is 0 Å². The lowest BCUT2D eigenvalue weighted by Crippen LogP contribution is -2.25. The van der Waals surface area contributed by atoms with Crippen LogP contribution in [0, 0.1) is 0 Å². The minimum Gasteiger partial charge on any atom is -0.449 e. The number of carbonyl (C=O) groups excluding carboxylic acids is 1. The number of hydrogen-bond acceptors (Lipinski definition) is 3. The van der Waals surface area contributed by atoms with Crippen molar-refractivity contribution in [1.82, 2.24) is 5.32 Å². The van der Waals surface area contributed by atoms with Crippen molar-refractivity contribution in [3.63, 3.8) is 0 Å². The highest BCUT2D eigenvalue weighted by atomic mass is 16.5. The molecule has 82 valence electrons. The summed E-state index contributed by atoms with van der Waals surface area (Å²) in [6.45, 7) is 1.63. The molecule has 0 radical (unpaired) electrons. The molecule has 0 aromatic heterocycles. The van der Waals surface area contributed by atoms with Crippen LogP contribution in [0.25, 0.3) is 0 Å². The first-order valence-corrected chi connectivity index (χ1v) is 5.55. The Balaban J connectivity index is 1.99. The highest BCUT2D eigenvalue weighted by Gasteiger charge is 2.35. The van der Waals surface area contributed by atoms with Crippen molar-refractivity contribution in [3.05, 3.63) is 47.0 Å². The predicted octanol–water partition coefficient (Wildman–Crippen LogP) is 1.57. The molecule has 2 heterocycles. The van der Waals surface area contributed by atoms with Gasteiger partial charge in [-0.3, -0.25) is 0 Å². The molecule has 1 atom stereocenters. The normalized spacial score (nSPS) is 24.2. The second-order valence-corrected chi connectivity index (χ2v) is 4.13. The van der Waals surface area contributed by atoms with Crippen LogP contribution in [0.4, 0.5) is 0 Å². The summed E-state index contributed by atoms with van der Waals surface area (Å²) in [6, 6.07) is 9.91. The van der Waals surface area contributed by atoms with Gasteiger partial charge in [0.25, 0.3) is 0 Å². The largest absolute Gasteiger partial charge is 0.449 e. The molecule has 1 aromatic carbocycles. The molecule has 16 heavy (non-hydrogen) atoms. The topological polar surface area (TPSA) is 38.3 Å². The minimum atomic E-state index is -0.170. The van der Waals surface area contributed by atoms with Crippen LogP contribution in [-0.4, -0.2) is 19.1 Å². The monoisotopic (exact) mass is 215 g/mol. The van der Waals surface area contributed by atoms with Crippen LogP contribution in [0.2, 0.25) is 0 Å². The molecule has 1 aromatic rings. The number of cyclic esters (lactones) is 1. The number of esters is 1. The Labute approximate surface area is 94.1 Å². The van der Waals surface area contributed by atoms with E-state index in [1.807, 2.05) is 30.3 Å². The van der Waals surface area contributed by atoms with E-state index in [0.717, 1.165) is 36.2 Å². The third-order valence-electron chi connectivity index (χ3n) is 3.14. The van der Waals surface area contributed by atoms with Gasteiger partial charge in [-0.05, 0) is 24.1 Å². The molecule has 0 saturated carbocycles. The summed E-state index contributed by atoms with van der Waals surface area (Å²) < 4.78 is 5.44. The average molecular weight is 215 g/mol. The molecular formula is C13H13NO2. The first-order valence-electron chi connectivity index (χ1n) is 5.55. The molecule has 0 saturated heterocycles. The van der Waals surface area contributed by atoms with E-state index in [9.17, 15) is 4.79 Å². The van der Waals surface area contributed by atoms with Gasteiger partial charge in [-0.25, -0.2) is 4.79 Å². The molecule has 0 amide bonds. The summed E-state index contributed by atoms with van der Waals surface area (Å²) in [4.78, 5) is 11.7. The number of benzene rings is 1. The molecule has 3 heteroatoms. The molecular weight excluding hydrogens is 202 g/mol. The van der Waals surface area contributed by atoms with Gasteiger partial charge < -0.3 is 10.1 Å². The lowest BCUT2D eigenvalue weighted by molar-refractivity contribution is -0.140. The number of carbonyl (C=O) groups is 1. The Hall–Kier alpha value is -1.61. The molecule has 0 bridgehead atoms. The van der Waals surface area contributed by atoms with E-state index in [2.05, 4.69) is 5.32 Å². The van der Waals surface area contributed by atoms with Crippen LogP contribution in [0.5, 0.6) is 0 Å². The third kappa shape index (κ3) is 1.44. The van der Waals surface area contributed by atoms with Crippen LogP contribution in [0.1, 0.15) is 18.1 Å². The summed E-state index contributed by atoms with van der Waals surface area (Å²) >= 11 is 0. The molecule has 0 fully saturated rings. The number of ether oxygens (including phenoxy) is 1. The van der Waals surface area contributed by atoms with Crippen molar-refractivity contribution in [2.24, 2.45) is 0 Å². The highest BCUT2D eigenvalue weighted by molar-refractivity contribution is 5.92. The molecule has 1 N–H and O–H groups in total. The zero-order valence-corrected chi connectivity index (χ0v) is 8.90. The molecule has 3 rings (SSSR count). The summed E-state index contributed by atoms with van der Waals surface area (Å²) in [5, 5.41) is 3.29. The molecule has 2 aliphatic heterocycles. The van der Waals surface area contributed by atoms with Gasteiger partial charge in [0.05, 0.1) is 0 Å². The summed E-state index contributed by atoms with van der Waals surface area (Å²) in [7, 11) is 0. The SMILES string of the molecule is O=C1OC(c2ccccc2)C2=C1CCNC2. The van der Waals surface area contributed by atoms with Gasteiger partial charge in [0.2, 0.25) is 0 Å². The Morgan fingerprint density at radius 2 is 2.06 bits per heavy atom. The molecule has 1 unspecified atom stereocenters. The van der Waals surface area contributed by atoms with Crippen molar-refractivity contribution < 1.29 is 9.53 Å². The summed E-state index contributed by atoms with van der Waals surface area (Å²) in [6.07, 6.45) is 0.619. The standard InChI is InChI=1S/C13H13NO2/c15-13-10-6-7-14-8-11(10)12(16-13)9-4-2-1-3-5-9/h1-5,12,14H,6-8H2. The first kappa shape index (κ1) is 9.60. The zero-order chi connectivity index (χ0) is 11.0. The molecule has 0 spiro atoms. The zero-order valence-electron chi connectivity index (χ0n) is 8.90. The summed E-state index contributed by atoms with van der Waals surface area (Å²) in [5.41, 5.74) is 3.06. The molecule has 2 aliphatic rings. The predicted molar refractivity (Wildman–Crippen MR) is 59.8 cm³/mol. The van der Waals surface area contributed by atoms with E-state index >= 15 is 0 Å². The molecule has 0 aliphatic carbocycles. The fourth-order valence-electron chi connectivity index (χ4n) is 2.33. The lowest BCUT2D eigenvalue weighted by atomic mass is 9.95. The van der Waals surface area contributed by atoms with E-state index in [-0.39, 0.29) is 12.1 Å². The van der Waals surface area contributed by atoms with E-state index in [1.165, 1.54) is 0 Å². The van der Waals surface area contributed by atoms with Gasteiger partial charge >= 0.3 is 5.97 Å². The van der Waals surface area contributed by atoms with Crippen molar-refractivity contribution in [2.75, 3.05) is 13.1 Å². The minimum absolute atomic E-state index is 0.134. The van der Waals surface area contributed by atoms with E-state index < -0.39 is 0 Å². The smallest absolute Gasteiger partial charge is 0.335 e. The maximum absolute atomic E-state index is 11.7. The fraction of sp³-hybridized carbons (Fsp3) is 0.308. The number of nitrogens with one attached hydrogen (secondary N) is 1. The number of rotatable bonds is 1. The van der Waals surface area contributed by atoms with Crippen LogP contribution in [0.3, 0.4) is 0 Å². The second kappa shape index (κ2) is 3.76. The van der Waals surface area contributed by atoms with Gasteiger partial charge in [-0.2, -0.15) is 0 Å². The van der Waals surface area contributed by atoms with Gasteiger partial charge in [0.1, 0.15) is 0 Å². The van der Waals surface area contributed by atoms with Gasteiger partial charge in [0.15, 0.2) is 6.10 Å². The molecule has 3 nitrogen and oxygen atoms in total. The fourth-order valence-corrected chi connectivity index (χ4v) is 2.33. The Bertz CT molecular complexity index is 450. The van der Waals surface area contributed by atoms with Crippen molar-refractivity contribution in [3.8, 4) is 0 Å². The lowest BCUT2D eigenvalue weighted by Gasteiger charge is -2.17. The van der Waals surface area contributed by atoms with E-state index in [1.54, 1.807) is 0 Å². The van der Waals surface area contributed by atoms with E-state index in [0.29, 0.717) is 0 Å². The van der Waals surface area contributed by atoms with Crippen LogP contribution in [-0.2, 0) is 9.53 Å². The number of hydrogen-bond donors (Lipinski definition) is 1. The van der Waals surface area contributed by atoms with Crippen LogP contribution < -0.4 is 5.32 Å². The summed E-state index contributed by atoms with van der Waals surface area (Å²) in [5.74, 6) is -0.134. The van der Waals surface area contributed by atoms with Gasteiger partial charge in [0, 0.05) is 12.1 Å². The third-order valence-corrected chi connectivity index (χ3v) is 3.14. The maximum atomic E-state index is 11.7. The van der Waals surface area contributed by atoms with E-state index in [4.69, 9.17) is 4.74 Å². The second-order valence-electron chi connectivity index (χ2n) is 4.13. The average Bonchev–Trinajstić information content (AvgIpc) is 2.69. The van der Waals surface area contributed by atoms with Gasteiger partial charge in [-0.1, -0.05) is 30.3 Å². The quantitative estimate of drug-likeness (QED) is 0.723. The Morgan fingerprint density at radius 3 is 2.88 bits per heavy atom. The van der Waals surface area contributed by atoms with Crippen molar-refractivity contribution in [2.45, 2.75) is 12.5 Å². The highest BCUT2D eigenvalue weighted by Crippen LogP contribution is 2.36. The van der Waals surface area contributed by atoms with Crippen molar-refractivity contribution in [1.29, 1.82) is 0 Å². The first-order chi connectivity index (χ1) is 7.86. The van der Waals surface area contributed by atoms with Crippen LogP contribution >= 0.6 is 0 Å². The van der Waals surface area contributed by atoms with Crippen molar-refractivity contribution >= 4 is 5.97 Å². The van der Waals surface area contributed by atoms with Crippen LogP contribution in [0.15, 0.2) is 41.5 Å².